The lowest BCUT2D eigenvalue weighted by Crippen LogP contribution is -2.09. The molecule has 0 aliphatic heterocycles. The summed E-state index contributed by atoms with van der Waals surface area (Å²) in [5.41, 5.74) is 15.4. The molecule has 10 aromatic carbocycles. The summed E-state index contributed by atoms with van der Waals surface area (Å²) >= 11 is 0. The van der Waals surface area contributed by atoms with Gasteiger partial charge in [-0.25, -0.2) is 0 Å². The van der Waals surface area contributed by atoms with E-state index in [-0.39, 0.29) is 0 Å². The zero-order valence-electron chi connectivity index (χ0n) is 31.5. The van der Waals surface area contributed by atoms with Gasteiger partial charge in [-0.3, -0.25) is 0 Å². The minimum atomic E-state index is 1.10. The maximum atomic E-state index is 2.34. The van der Waals surface area contributed by atoms with Crippen molar-refractivity contribution < 1.29 is 0 Å². The molecular formula is C56H39N. The van der Waals surface area contributed by atoms with Gasteiger partial charge in [0, 0.05) is 17.1 Å². The minimum Gasteiger partial charge on any atom is -0.311 e. The van der Waals surface area contributed by atoms with Crippen LogP contribution in [0, 0.1) is 0 Å². The van der Waals surface area contributed by atoms with Crippen molar-refractivity contribution in [2.24, 2.45) is 0 Å². The number of anilines is 3. The van der Waals surface area contributed by atoms with Crippen molar-refractivity contribution >= 4 is 38.6 Å². The van der Waals surface area contributed by atoms with Gasteiger partial charge in [0.05, 0.1) is 0 Å². The highest BCUT2D eigenvalue weighted by molar-refractivity contribution is 5.98. The molecule has 0 fully saturated rings. The van der Waals surface area contributed by atoms with Crippen molar-refractivity contribution in [3.8, 4) is 55.6 Å². The average molecular weight is 726 g/mol. The Morgan fingerprint density at radius 3 is 0.860 bits per heavy atom. The molecule has 57 heavy (non-hydrogen) atoms. The summed E-state index contributed by atoms with van der Waals surface area (Å²) in [6, 6.07) is 85.5. The average Bonchev–Trinajstić information content (AvgIpc) is 3.30. The van der Waals surface area contributed by atoms with E-state index < -0.39 is 0 Å². The second kappa shape index (κ2) is 15.0. The first-order chi connectivity index (χ1) is 28.2. The fraction of sp³-hybridized carbons (Fsp3) is 0. The molecule has 0 amide bonds. The first-order valence-corrected chi connectivity index (χ1v) is 19.6. The zero-order valence-corrected chi connectivity index (χ0v) is 31.5. The number of rotatable bonds is 8. The van der Waals surface area contributed by atoms with E-state index in [0.717, 1.165) is 17.1 Å². The Balaban J connectivity index is 0.954. The largest absolute Gasteiger partial charge is 0.311 e. The molecule has 1 nitrogen and oxygen atoms in total. The summed E-state index contributed by atoms with van der Waals surface area (Å²) in [4.78, 5) is 2.34. The third-order valence-corrected chi connectivity index (χ3v) is 11.1. The van der Waals surface area contributed by atoms with Gasteiger partial charge in [-0.1, -0.05) is 200 Å². The predicted molar refractivity (Wildman–Crippen MR) is 243 cm³/mol. The molecule has 0 heterocycles. The summed E-state index contributed by atoms with van der Waals surface area (Å²) in [5.74, 6) is 0. The number of hydrogen-bond acceptors (Lipinski definition) is 1. The van der Waals surface area contributed by atoms with Gasteiger partial charge in [0.15, 0.2) is 0 Å². The summed E-state index contributed by atoms with van der Waals surface area (Å²) in [6.45, 7) is 0. The molecule has 1 heteroatoms. The Morgan fingerprint density at radius 2 is 0.474 bits per heavy atom. The standard InChI is InChI=1S/C56H39N/c1-2-10-40(11-3-1)43-28-34-50(35-29-43)57(51-36-30-44(31-37-51)41-20-24-48(25-21-41)55-18-8-14-46-12-4-6-16-53(46)55)52-38-32-45(33-39-52)42-22-26-49(27-23-42)56-19-9-15-47-13-5-7-17-54(47)56/h1-39H. The quantitative estimate of drug-likeness (QED) is 0.151. The Hall–Kier alpha value is -7.48. The first kappa shape index (κ1) is 34.0. The Bertz CT molecular complexity index is 2770. The van der Waals surface area contributed by atoms with Gasteiger partial charge in [-0.2, -0.15) is 0 Å². The third-order valence-electron chi connectivity index (χ3n) is 11.1. The number of fused-ring (bicyclic) bond motifs is 2. The van der Waals surface area contributed by atoms with Gasteiger partial charge in [0.1, 0.15) is 0 Å². The Labute approximate surface area is 334 Å². The van der Waals surface area contributed by atoms with E-state index in [9.17, 15) is 0 Å². The first-order valence-electron chi connectivity index (χ1n) is 19.6. The molecule has 0 atom stereocenters. The fourth-order valence-electron chi connectivity index (χ4n) is 8.13. The van der Waals surface area contributed by atoms with Gasteiger partial charge in [0.2, 0.25) is 0 Å². The minimum absolute atomic E-state index is 1.10. The van der Waals surface area contributed by atoms with E-state index in [4.69, 9.17) is 0 Å². The topological polar surface area (TPSA) is 3.24 Å². The van der Waals surface area contributed by atoms with Crippen LogP contribution in [0.2, 0.25) is 0 Å². The molecule has 0 saturated carbocycles. The smallest absolute Gasteiger partial charge is 0.0462 e. The molecule has 10 aromatic rings. The van der Waals surface area contributed by atoms with Crippen LogP contribution in [0.1, 0.15) is 0 Å². The molecule has 0 radical (unpaired) electrons. The predicted octanol–water partition coefficient (Wildman–Crippen LogP) is 15.8. The summed E-state index contributed by atoms with van der Waals surface area (Å²) in [6.07, 6.45) is 0. The molecule has 0 N–H and O–H groups in total. The van der Waals surface area contributed by atoms with E-state index in [0.29, 0.717) is 0 Å². The molecule has 0 saturated heterocycles. The number of benzene rings is 10. The molecular weight excluding hydrogens is 687 g/mol. The van der Waals surface area contributed by atoms with E-state index in [1.54, 1.807) is 0 Å². The monoisotopic (exact) mass is 725 g/mol. The van der Waals surface area contributed by atoms with Crippen LogP contribution in [0.3, 0.4) is 0 Å². The lowest BCUT2D eigenvalue weighted by Gasteiger charge is -2.26. The highest BCUT2D eigenvalue weighted by atomic mass is 15.1. The maximum absolute atomic E-state index is 2.34. The lowest BCUT2D eigenvalue weighted by atomic mass is 9.96. The zero-order chi connectivity index (χ0) is 38.0. The highest BCUT2D eigenvalue weighted by Crippen LogP contribution is 2.39. The second-order valence-corrected chi connectivity index (χ2v) is 14.6. The van der Waals surface area contributed by atoms with E-state index >= 15 is 0 Å². The summed E-state index contributed by atoms with van der Waals surface area (Å²) < 4.78 is 0. The van der Waals surface area contributed by atoms with Crippen molar-refractivity contribution in [3.63, 3.8) is 0 Å². The van der Waals surface area contributed by atoms with Crippen molar-refractivity contribution in [2.75, 3.05) is 4.90 Å². The molecule has 0 aromatic heterocycles. The van der Waals surface area contributed by atoms with Crippen LogP contribution in [-0.2, 0) is 0 Å². The van der Waals surface area contributed by atoms with Crippen LogP contribution in [0.4, 0.5) is 17.1 Å². The number of hydrogen-bond donors (Lipinski definition) is 0. The van der Waals surface area contributed by atoms with Crippen LogP contribution < -0.4 is 4.90 Å². The van der Waals surface area contributed by atoms with Crippen LogP contribution in [-0.4, -0.2) is 0 Å². The normalized spacial score (nSPS) is 11.2. The molecule has 0 unspecified atom stereocenters. The molecule has 10 rings (SSSR count). The van der Waals surface area contributed by atoms with Crippen molar-refractivity contribution in [1.82, 2.24) is 0 Å². The van der Waals surface area contributed by atoms with Crippen molar-refractivity contribution in [3.05, 3.63) is 237 Å². The molecule has 0 aliphatic rings. The molecule has 0 spiro atoms. The van der Waals surface area contributed by atoms with Gasteiger partial charge < -0.3 is 4.90 Å². The summed E-state index contributed by atoms with van der Waals surface area (Å²) in [5, 5.41) is 5.07. The number of nitrogens with zero attached hydrogens (tertiary/aromatic N) is 1. The van der Waals surface area contributed by atoms with E-state index in [1.165, 1.54) is 77.2 Å². The van der Waals surface area contributed by atoms with Gasteiger partial charge in [0.25, 0.3) is 0 Å². The van der Waals surface area contributed by atoms with Crippen LogP contribution >= 0.6 is 0 Å². The molecule has 0 aliphatic carbocycles. The fourth-order valence-corrected chi connectivity index (χ4v) is 8.13. The highest BCUT2D eigenvalue weighted by Gasteiger charge is 2.14. The van der Waals surface area contributed by atoms with Crippen LogP contribution in [0.5, 0.6) is 0 Å². The van der Waals surface area contributed by atoms with E-state index in [2.05, 4.69) is 241 Å². The second-order valence-electron chi connectivity index (χ2n) is 14.6. The van der Waals surface area contributed by atoms with Crippen LogP contribution in [0.15, 0.2) is 237 Å². The molecule has 0 bridgehead atoms. The van der Waals surface area contributed by atoms with Gasteiger partial charge in [-0.05, 0) is 114 Å². The molecule has 268 valence electrons. The summed E-state index contributed by atoms with van der Waals surface area (Å²) in [7, 11) is 0. The Kier molecular flexibility index (Phi) is 8.95. The van der Waals surface area contributed by atoms with Crippen molar-refractivity contribution in [1.29, 1.82) is 0 Å². The lowest BCUT2D eigenvalue weighted by molar-refractivity contribution is 1.28. The van der Waals surface area contributed by atoms with Gasteiger partial charge in [-0.15, -0.1) is 0 Å². The maximum Gasteiger partial charge on any atom is 0.0462 e. The van der Waals surface area contributed by atoms with Gasteiger partial charge >= 0.3 is 0 Å². The van der Waals surface area contributed by atoms with E-state index in [1.807, 2.05) is 0 Å². The van der Waals surface area contributed by atoms with Crippen LogP contribution in [0.25, 0.3) is 77.2 Å². The van der Waals surface area contributed by atoms with Crippen molar-refractivity contribution in [2.45, 2.75) is 0 Å². The Morgan fingerprint density at radius 1 is 0.193 bits per heavy atom. The third kappa shape index (κ3) is 6.77. The SMILES string of the molecule is c1ccc(-c2ccc(N(c3ccc(-c4ccc(-c5cccc6ccccc56)cc4)cc3)c3ccc(-c4ccc(-c5cccc6ccccc56)cc4)cc3)cc2)cc1.